The molecule has 0 aliphatic carbocycles. The van der Waals surface area contributed by atoms with Gasteiger partial charge in [0.2, 0.25) is 10.0 Å². The number of thiazole rings is 1. The molecule has 0 aliphatic heterocycles. The molecule has 3 aromatic rings. The van der Waals surface area contributed by atoms with E-state index in [9.17, 15) is 26.4 Å². The summed E-state index contributed by atoms with van der Waals surface area (Å²) in [5.74, 6) is -1.42. The van der Waals surface area contributed by atoms with Crippen molar-refractivity contribution in [2.24, 2.45) is 10.1 Å². The third-order valence-corrected chi connectivity index (χ3v) is 7.40. The predicted octanol–water partition coefficient (Wildman–Crippen LogP) is 1.06. The zero-order valence-electron chi connectivity index (χ0n) is 17.0. The molecular weight excluding hydrogens is 478 g/mol. The molecule has 170 valence electrons. The van der Waals surface area contributed by atoms with E-state index in [4.69, 9.17) is 9.88 Å². The lowest BCUT2D eigenvalue weighted by Gasteiger charge is -2.06. The van der Waals surface area contributed by atoms with Gasteiger partial charge in [-0.15, -0.1) is 0 Å². The van der Waals surface area contributed by atoms with Crippen molar-refractivity contribution in [1.82, 2.24) is 4.57 Å². The summed E-state index contributed by atoms with van der Waals surface area (Å²) in [6.07, 6.45) is 0.980. The molecule has 10 nitrogen and oxygen atoms in total. The van der Waals surface area contributed by atoms with Crippen molar-refractivity contribution in [2.75, 3.05) is 12.9 Å². The van der Waals surface area contributed by atoms with Crippen molar-refractivity contribution in [2.45, 2.75) is 23.3 Å². The van der Waals surface area contributed by atoms with Gasteiger partial charge in [-0.2, -0.15) is 4.99 Å². The van der Waals surface area contributed by atoms with E-state index in [1.54, 1.807) is 6.92 Å². The van der Waals surface area contributed by atoms with Gasteiger partial charge in [0.05, 0.1) is 32.2 Å². The molecule has 0 saturated carbocycles. The third-order valence-electron chi connectivity index (χ3n) is 4.29. The normalized spacial score (nSPS) is 12.8. The highest BCUT2D eigenvalue weighted by Gasteiger charge is 2.19. The summed E-state index contributed by atoms with van der Waals surface area (Å²) in [7, 11) is -7.67. The first-order valence-corrected chi connectivity index (χ1v) is 13.4. The van der Waals surface area contributed by atoms with Crippen molar-refractivity contribution in [3.8, 4) is 0 Å². The van der Waals surface area contributed by atoms with Gasteiger partial charge < -0.3 is 9.30 Å². The lowest BCUT2D eigenvalue weighted by atomic mass is 10.2. The number of sulfone groups is 1. The van der Waals surface area contributed by atoms with E-state index >= 15 is 0 Å². The first-order valence-electron chi connectivity index (χ1n) is 9.11. The molecule has 2 N–H and O–H groups in total. The van der Waals surface area contributed by atoms with Crippen LogP contribution in [0.5, 0.6) is 0 Å². The van der Waals surface area contributed by atoms with Crippen molar-refractivity contribution in [1.29, 1.82) is 0 Å². The van der Waals surface area contributed by atoms with Crippen molar-refractivity contribution >= 4 is 53.3 Å². The summed E-state index contributed by atoms with van der Waals surface area (Å²) in [5, 5.41) is 5.19. The van der Waals surface area contributed by atoms with Crippen LogP contribution in [0, 0.1) is 0 Å². The van der Waals surface area contributed by atoms with Gasteiger partial charge in [0, 0.05) is 6.26 Å². The molecule has 13 heteroatoms. The fourth-order valence-corrected chi connectivity index (χ4v) is 5.48. The zero-order valence-corrected chi connectivity index (χ0v) is 19.5. The van der Waals surface area contributed by atoms with E-state index in [-0.39, 0.29) is 33.3 Å². The molecule has 32 heavy (non-hydrogen) atoms. The van der Waals surface area contributed by atoms with Gasteiger partial charge in [-0.3, -0.25) is 9.59 Å². The van der Waals surface area contributed by atoms with E-state index in [0.29, 0.717) is 10.2 Å². The monoisotopic (exact) mass is 497 g/mol. The number of carbonyl (C=O) groups is 2. The van der Waals surface area contributed by atoms with E-state index in [1.165, 1.54) is 47.0 Å². The van der Waals surface area contributed by atoms with Gasteiger partial charge in [-0.1, -0.05) is 23.5 Å². The summed E-state index contributed by atoms with van der Waals surface area (Å²) < 4.78 is 54.2. The Labute approximate surface area is 187 Å². The van der Waals surface area contributed by atoms with E-state index in [1.807, 2.05) is 0 Å². The van der Waals surface area contributed by atoms with Crippen LogP contribution in [-0.2, 0) is 35.9 Å². The minimum absolute atomic E-state index is 0.0629. The fourth-order valence-electron chi connectivity index (χ4n) is 2.92. The lowest BCUT2D eigenvalue weighted by molar-refractivity contribution is -0.143. The molecule has 1 heterocycles. The number of amides is 1. The van der Waals surface area contributed by atoms with Crippen LogP contribution in [0.3, 0.4) is 0 Å². The smallest absolute Gasteiger partial charge is 0.326 e. The Hall–Kier alpha value is -2.87. The Bertz CT molecular complexity index is 1500. The number of rotatable bonds is 6. The Balaban J connectivity index is 2.23. The van der Waals surface area contributed by atoms with Gasteiger partial charge >= 0.3 is 5.97 Å². The number of ether oxygens (including phenoxy) is 1. The number of fused-ring (bicyclic) bond motifs is 1. The molecule has 2 aromatic carbocycles. The van der Waals surface area contributed by atoms with Gasteiger partial charge in [-0.25, -0.2) is 22.0 Å². The number of hydrogen-bond acceptors (Lipinski definition) is 8. The summed E-state index contributed by atoms with van der Waals surface area (Å²) in [6, 6.07) is 9.66. The second-order valence-corrected chi connectivity index (χ2v) is 11.2. The molecule has 0 radical (unpaired) electrons. The second kappa shape index (κ2) is 8.94. The van der Waals surface area contributed by atoms with Gasteiger partial charge in [0.25, 0.3) is 5.91 Å². The standard InChI is InChI=1S/C19H19N3O7S3/c1-3-29-17(23)11-22-14-9-8-12(32(20,27)28)10-15(14)30-19(22)21-18(24)13-6-4-5-7-16(13)31(2,25)26/h4-10H,3,11H2,1-2H3,(H2,20,27,28). The molecule has 0 aliphatic rings. The third kappa shape index (κ3) is 5.12. The molecule has 1 amide bonds. The highest BCUT2D eigenvalue weighted by Crippen LogP contribution is 2.22. The zero-order chi connectivity index (χ0) is 23.7. The Morgan fingerprint density at radius 2 is 1.81 bits per heavy atom. The van der Waals surface area contributed by atoms with Crippen LogP contribution in [0.15, 0.2) is 57.2 Å². The van der Waals surface area contributed by atoms with Crippen LogP contribution in [0.2, 0.25) is 0 Å². The topological polar surface area (TPSA) is 155 Å². The van der Waals surface area contributed by atoms with Crippen LogP contribution in [0.1, 0.15) is 17.3 Å². The average molecular weight is 498 g/mol. The Morgan fingerprint density at radius 1 is 1.12 bits per heavy atom. The van der Waals surface area contributed by atoms with E-state index < -0.39 is 31.7 Å². The molecular formula is C19H19N3O7S3. The summed E-state index contributed by atoms with van der Waals surface area (Å²) in [5.41, 5.74) is 0.304. The minimum Gasteiger partial charge on any atom is -0.465 e. The first kappa shape index (κ1) is 23.8. The maximum absolute atomic E-state index is 12.9. The average Bonchev–Trinajstić information content (AvgIpc) is 3.03. The quantitative estimate of drug-likeness (QED) is 0.499. The molecule has 0 spiro atoms. The Kier molecular flexibility index (Phi) is 6.64. The minimum atomic E-state index is -3.98. The number of esters is 1. The van der Waals surface area contributed by atoms with Gasteiger partial charge in [0.15, 0.2) is 14.6 Å². The number of sulfonamides is 1. The van der Waals surface area contributed by atoms with E-state index in [2.05, 4.69) is 4.99 Å². The van der Waals surface area contributed by atoms with Gasteiger partial charge in [0.1, 0.15) is 6.54 Å². The number of benzene rings is 2. The molecule has 0 saturated heterocycles. The lowest BCUT2D eigenvalue weighted by Crippen LogP contribution is -2.23. The summed E-state index contributed by atoms with van der Waals surface area (Å²) >= 11 is 0.949. The van der Waals surface area contributed by atoms with Crippen LogP contribution in [0.25, 0.3) is 10.2 Å². The molecule has 0 fully saturated rings. The molecule has 1 aromatic heterocycles. The SMILES string of the molecule is CCOC(=O)Cn1c(=NC(=O)c2ccccc2S(C)(=O)=O)sc2cc(S(N)(=O)=O)ccc21. The highest BCUT2D eigenvalue weighted by atomic mass is 32.2. The number of aromatic nitrogens is 1. The van der Waals surface area contributed by atoms with Crippen LogP contribution >= 0.6 is 11.3 Å². The van der Waals surface area contributed by atoms with Crippen molar-refractivity contribution in [3.63, 3.8) is 0 Å². The second-order valence-electron chi connectivity index (χ2n) is 6.64. The molecule has 0 atom stereocenters. The largest absolute Gasteiger partial charge is 0.465 e. The molecule has 3 rings (SSSR count). The Morgan fingerprint density at radius 3 is 2.44 bits per heavy atom. The van der Waals surface area contributed by atoms with Crippen LogP contribution < -0.4 is 9.94 Å². The summed E-state index contributed by atoms with van der Waals surface area (Å²) in [4.78, 5) is 28.8. The van der Waals surface area contributed by atoms with Crippen LogP contribution in [0.4, 0.5) is 0 Å². The first-order chi connectivity index (χ1) is 14.9. The van der Waals surface area contributed by atoms with E-state index in [0.717, 1.165) is 17.6 Å². The molecule has 0 bridgehead atoms. The number of nitrogens with two attached hydrogens (primary N) is 1. The maximum atomic E-state index is 12.9. The van der Waals surface area contributed by atoms with Gasteiger partial charge in [-0.05, 0) is 37.3 Å². The number of hydrogen-bond donors (Lipinski definition) is 1. The number of carbonyl (C=O) groups excluding carboxylic acids is 2. The van der Waals surface area contributed by atoms with Crippen molar-refractivity contribution in [3.05, 3.63) is 52.8 Å². The predicted molar refractivity (Wildman–Crippen MR) is 117 cm³/mol. The number of primary sulfonamides is 1. The fraction of sp³-hybridized carbons (Fsp3) is 0.211. The maximum Gasteiger partial charge on any atom is 0.326 e. The number of nitrogens with zero attached hydrogens (tertiary/aromatic N) is 2. The highest BCUT2D eigenvalue weighted by molar-refractivity contribution is 7.90. The molecule has 0 unspecified atom stereocenters. The van der Waals surface area contributed by atoms with Crippen LogP contribution in [-0.4, -0.2) is 46.1 Å². The van der Waals surface area contributed by atoms with Crippen molar-refractivity contribution < 1.29 is 31.2 Å². The summed E-state index contributed by atoms with van der Waals surface area (Å²) in [6.45, 7) is 1.50.